The van der Waals surface area contributed by atoms with E-state index >= 15 is 0 Å². The third-order valence-electron chi connectivity index (χ3n) is 4.53. The molecule has 1 spiro atoms. The number of hydrogen-bond acceptors (Lipinski definition) is 6. The number of carbonyl (C=O) groups excluding carboxylic acids is 2. The molecule has 1 N–H and O–H groups in total. The van der Waals surface area contributed by atoms with Crippen molar-refractivity contribution in [1.82, 2.24) is 25.0 Å². The van der Waals surface area contributed by atoms with Gasteiger partial charge in [0.05, 0.1) is 12.2 Å². The van der Waals surface area contributed by atoms with Crippen molar-refractivity contribution in [3.05, 3.63) is 33.3 Å². The quantitative estimate of drug-likeness (QED) is 0.605. The average molecular weight is 417 g/mol. The zero-order chi connectivity index (χ0) is 20.3. The first-order valence-electron chi connectivity index (χ1n) is 8.03. The number of aromatic nitrogens is 3. The van der Waals surface area contributed by atoms with Crippen LogP contribution in [0, 0.1) is 5.82 Å². The van der Waals surface area contributed by atoms with E-state index in [1.165, 1.54) is 6.07 Å². The van der Waals surface area contributed by atoms with Crippen LogP contribution >= 0.6 is 11.3 Å². The van der Waals surface area contributed by atoms with Crippen molar-refractivity contribution in [3.8, 4) is 10.7 Å². The fourth-order valence-corrected chi connectivity index (χ4v) is 3.87. The average Bonchev–Trinajstić information content (AvgIpc) is 3.25. The van der Waals surface area contributed by atoms with Crippen LogP contribution in [0.15, 0.2) is 16.9 Å². The minimum absolute atomic E-state index is 0.192. The van der Waals surface area contributed by atoms with Crippen molar-refractivity contribution in [2.75, 3.05) is 6.54 Å². The molecule has 28 heavy (non-hydrogen) atoms. The number of H-pyrrole nitrogens is 1. The Morgan fingerprint density at radius 3 is 2.50 bits per heavy atom. The smallest absolute Gasteiger partial charge is 0.317 e. The molecule has 2 aromatic heterocycles. The zero-order valence-corrected chi connectivity index (χ0v) is 14.7. The summed E-state index contributed by atoms with van der Waals surface area (Å²) in [6, 6.07) is 1.23. The normalized spacial score (nSPS) is 18.4. The number of nitrogens with one attached hydrogen (secondary N) is 1. The minimum atomic E-state index is -4.69. The predicted molar refractivity (Wildman–Crippen MR) is 86.6 cm³/mol. The number of nitrogens with zero attached hydrogens (tertiary/aromatic N) is 4. The Morgan fingerprint density at radius 2 is 1.89 bits per heavy atom. The molecule has 0 radical (unpaired) electrons. The van der Waals surface area contributed by atoms with Gasteiger partial charge in [-0.05, 0) is 25.0 Å². The molecule has 148 valence electrons. The van der Waals surface area contributed by atoms with Gasteiger partial charge >= 0.3 is 12.2 Å². The van der Waals surface area contributed by atoms with Gasteiger partial charge in [-0.3, -0.25) is 14.5 Å². The highest BCUT2D eigenvalue weighted by Gasteiger charge is 2.65. The SMILES string of the molecule is O=C1N(CC(F)(F)F)C(=O)C2(CC2)N1Cc1nnc(-c2ccc(F)c(=O)[nH]2)s1. The van der Waals surface area contributed by atoms with Crippen LogP contribution in [0.3, 0.4) is 0 Å². The van der Waals surface area contributed by atoms with Gasteiger partial charge in [-0.25, -0.2) is 9.18 Å². The highest BCUT2D eigenvalue weighted by atomic mass is 32.1. The maximum absolute atomic E-state index is 13.1. The third kappa shape index (κ3) is 3.04. The first-order chi connectivity index (χ1) is 13.1. The number of rotatable bonds is 4. The predicted octanol–water partition coefficient (Wildman–Crippen LogP) is 1.89. The molecule has 1 aliphatic heterocycles. The van der Waals surface area contributed by atoms with Crippen LogP contribution in [0.5, 0.6) is 0 Å². The van der Waals surface area contributed by atoms with Gasteiger partial charge in [0, 0.05) is 0 Å². The number of carbonyl (C=O) groups is 2. The van der Waals surface area contributed by atoms with Crippen molar-refractivity contribution in [1.29, 1.82) is 0 Å². The number of pyridine rings is 1. The number of aromatic amines is 1. The summed E-state index contributed by atoms with van der Waals surface area (Å²) < 4.78 is 51.2. The molecule has 3 amide bonds. The largest absolute Gasteiger partial charge is 0.406 e. The minimum Gasteiger partial charge on any atom is -0.317 e. The Kier molecular flexibility index (Phi) is 4.03. The fraction of sp³-hybridized carbons (Fsp3) is 0.400. The molecule has 2 aliphatic rings. The standard InChI is InChI=1S/C15H11F4N5O3S/c16-7-1-2-8(20-10(7)25)11-22-21-9(28-11)5-24-13(27)23(6-15(17,18)19)12(26)14(24)3-4-14/h1-2H,3-6H2,(H,20,25). The summed E-state index contributed by atoms with van der Waals surface area (Å²) in [4.78, 5) is 39.7. The van der Waals surface area contributed by atoms with Crippen molar-refractivity contribution < 1.29 is 27.2 Å². The highest BCUT2D eigenvalue weighted by Crippen LogP contribution is 2.49. The lowest BCUT2D eigenvalue weighted by Gasteiger charge is -2.19. The first kappa shape index (κ1) is 18.5. The lowest BCUT2D eigenvalue weighted by molar-refractivity contribution is -0.153. The summed E-state index contributed by atoms with van der Waals surface area (Å²) in [5.41, 5.74) is -1.98. The number of alkyl halides is 3. The molecule has 0 atom stereocenters. The molecule has 8 nitrogen and oxygen atoms in total. The second kappa shape index (κ2) is 6.09. The summed E-state index contributed by atoms with van der Waals surface area (Å²) in [7, 11) is 0. The summed E-state index contributed by atoms with van der Waals surface area (Å²) >= 11 is 0.973. The van der Waals surface area contributed by atoms with E-state index in [1.54, 1.807) is 0 Å². The molecule has 2 fully saturated rings. The Hall–Kier alpha value is -2.83. The van der Waals surface area contributed by atoms with Crippen LogP contribution in [0.25, 0.3) is 10.7 Å². The van der Waals surface area contributed by atoms with Crippen molar-refractivity contribution in [2.45, 2.75) is 31.1 Å². The molecule has 3 heterocycles. The van der Waals surface area contributed by atoms with E-state index in [9.17, 15) is 31.9 Å². The van der Waals surface area contributed by atoms with Crippen molar-refractivity contribution in [3.63, 3.8) is 0 Å². The van der Waals surface area contributed by atoms with Gasteiger partial charge in [0.2, 0.25) is 0 Å². The van der Waals surface area contributed by atoms with Gasteiger partial charge in [-0.1, -0.05) is 11.3 Å². The number of imide groups is 1. The van der Waals surface area contributed by atoms with Crippen LogP contribution in [-0.4, -0.2) is 55.2 Å². The molecule has 2 aromatic rings. The number of halogens is 4. The van der Waals surface area contributed by atoms with Gasteiger partial charge in [0.15, 0.2) is 10.8 Å². The van der Waals surface area contributed by atoms with Gasteiger partial charge in [0.1, 0.15) is 17.1 Å². The van der Waals surface area contributed by atoms with Crippen LogP contribution in [0.1, 0.15) is 17.8 Å². The van der Waals surface area contributed by atoms with Crippen LogP contribution < -0.4 is 5.56 Å². The van der Waals surface area contributed by atoms with Crippen molar-refractivity contribution >= 4 is 23.3 Å². The third-order valence-corrected chi connectivity index (χ3v) is 5.48. The molecule has 0 aromatic carbocycles. The number of hydrogen-bond donors (Lipinski definition) is 1. The Labute approximate surface area is 157 Å². The fourth-order valence-electron chi connectivity index (χ4n) is 3.06. The van der Waals surface area contributed by atoms with E-state index in [1.807, 2.05) is 0 Å². The zero-order valence-electron chi connectivity index (χ0n) is 13.9. The molecular formula is C15H11F4N5O3S. The number of amides is 3. The Bertz CT molecular complexity index is 1030. The van der Waals surface area contributed by atoms with E-state index < -0.39 is 41.6 Å². The molecule has 4 rings (SSSR count). The summed E-state index contributed by atoms with van der Waals surface area (Å²) in [6.07, 6.45) is -4.13. The van der Waals surface area contributed by atoms with E-state index in [0.717, 1.165) is 22.3 Å². The molecule has 13 heteroatoms. The summed E-state index contributed by atoms with van der Waals surface area (Å²) in [6.45, 7) is -1.83. The Morgan fingerprint density at radius 1 is 1.18 bits per heavy atom. The maximum atomic E-state index is 13.1. The molecule has 0 unspecified atom stereocenters. The lowest BCUT2D eigenvalue weighted by Crippen LogP contribution is -2.39. The van der Waals surface area contributed by atoms with E-state index in [4.69, 9.17) is 0 Å². The second-order valence-electron chi connectivity index (χ2n) is 6.46. The summed E-state index contributed by atoms with van der Waals surface area (Å²) in [5.74, 6) is -1.82. The van der Waals surface area contributed by atoms with Crippen LogP contribution in [0.2, 0.25) is 0 Å². The maximum Gasteiger partial charge on any atom is 0.406 e. The molecule has 1 saturated carbocycles. The van der Waals surface area contributed by atoms with Gasteiger partial charge in [0.25, 0.3) is 11.5 Å². The van der Waals surface area contributed by atoms with E-state index in [0.29, 0.717) is 0 Å². The monoisotopic (exact) mass is 417 g/mol. The van der Waals surface area contributed by atoms with E-state index in [-0.39, 0.29) is 40.0 Å². The molecule has 1 aliphatic carbocycles. The number of urea groups is 1. The van der Waals surface area contributed by atoms with Gasteiger partial charge in [-0.15, -0.1) is 10.2 Å². The molecule has 1 saturated heterocycles. The first-order valence-corrected chi connectivity index (χ1v) is 8.84. The topological polar surface area (TPSA) is 99.3 Å². The second-order valence-corrected chi connectivity index (χ2v) is 7.52. The van der Waals surface area contributed by atoms with Crippen LogP contribution in [-0.2, 0) is 11.3 Å². The summed E-state index contributed by atoms with van der Waals surface area (Å²) in [5, 5.41) is 8.22. The van der Waals surface area contributed by atoms with Crippen LogP contribution in [0.4, 0.5) is 22.4 Å². The Balaban J connectivity index is 1.57. The molecule has 0 bridgehead atoms. The van der Waals surface area contributed by atoms with E-state index in [2.05, 4.69) is 15.2 Å². The lowest BCUT2D eigenvalue weighted by atomic mass is 10.2. The highest BCUT2D eigenvalue weighted by molar-refractivity contribution is 7.14. The molecular weight excluding hydrogens is 406 g/mol. The van der Waals surface area contributed by atoms with Gasteiger partial charge < -0.3 is 9.88 Å². The van der Waals surface area contributed by atoms with Gasteiger partial charge in [-0.2, -0.15) is 13.2 Å². The van der Waals surface area contributed by atoms with Crippen molar-refractivity contribution in [2.24, 2.45) is 0 Å².